The summed E-state index contributed by atoms with van der Waals surface area (Å²) in [5, 5.41) is 20.8. The van der Waals surface area contributed by atoms with Crippen LogP contribution in [0.25, 0.3) is 16.6 Å². The number of hydrogen-bond acceptors (Lipinski definition) is 7. The molecule has 1 spiro atoms. The number of carboxylic acid groups (broad SMARTS) is 1. The molecule has 2 fully saturated rings. The minimum Gasteiger partial charge on any atom is -0.492 e. The lowest BCUT2D eigenvalue weighted by Gasteiger charge is -2.42. The van der Waals surface area contributed by atoms with Gasteiger partial charge in [-0.05, 0) is 64.8 Å². The number of pyridine rings is 2. The van der Waals surface area contributed by atoms with E-state index >= 15 is 0 Å². The topological polar surface area (TPSA) is 107 Å². The first-order valence-electron chi connectivity index (χ1n) is 12.5. The Morgan fingerprint density at radius 1 is 1.25 bits per heavy atom. The summed E-state index contributed by atoms with van der Waals surface area (Å²) in [5.41, 5.74) is 3.59. The molecule has 3 aromatic rings. The van der Waals surface area contributed by atoms with Crippen LogP contribution in [0.3, 0.4) is 0 Å². The van der Waals surface area contributed by atoms with Crippen LogP contribution in [0.2, 0.25) is 0 Å². The molecular weight excluding hydrogens is 456 g/mol. The highest BCUT2D eigenvalue weighted by Gasteiger charge is 2.42. The van der Waals surface area contributed by atoms with Gasteiger partial charge in [-0.1, -0.05) is 0 Å². The number of ether oxygens (including phenoxy) is 1. The second-order valence-electron chi connectivity index (χ2n) is 9.84. The Kier molecular flexibility index (Phi) is 7.75. The first-order chi connectivity index (χ1) is 17.4. The lowest BCUT2D eigenvalue weighted by molar-refractivity contribution is -0.122. The fraction of sp³-hybridized carbons (Fsp3) is 0.481. The van der Waals surface area contributed by atoms with Crippen LogP contribution in [0.5, 0.6) is 5.75 Å². The standard InChI is InChI=1S/C26H32N6O.CH2O2/c1-4-33-22-12-23(25-21(13-27)15-29-32(25)16-22)20-6-7-24(28-14-20)31-11-9-26(18-31)8-5-10-30(17-26)19(2)3;2-1-3/h6-7,12,14-16,19H,4-5,8-11,17-18H2,1-3H3;1H,(H,2,3)/t26-;/m1./s1. The quantitative estimate of drug-likeness (QED) is 0.534. The maximum Gasteiger partial charge on any atom is 0.290 e. The third-order valence-electron chi connectivity index (χ3n) is 7.26. The zero-order chi connectivity index (χ0) is 25.7. The first kappa shape index (κ1) is 25.5. The van der Waals surface area contributed by atoms with Crippen molar-refractivity contribution in [3.8, 4) is 22.9 Å². The third kappa shape index (κ3) is 5.14. The number of fused-ring (bicyclic) bond motifs is 1. The van der Waals surface area contributed by atoms with Crippen LogP contribution in [-0.4, -0.2) is 69.9 Å². The van der Waals surface area contributed by atoms with Crippen molar-refractivity contribution in [1.82, 2.24) is 19.5 Å². The predicted molar refractivity (Wildman–Crippen MR) is 138 cm³/mol. The van der Waals surface area contributed by atoms with E-state index in [2.05, 4.69) is 46.9 Å². The molecule has 0 aliphatic carbocycles. The van der Waals surface area contributed by atoms with Gasteiger partial charge in [-0.25, -0.2) is 9.50 Å². The third-order valence-corrected chi connectivity index (χ3v) is 7.26. The van der Waals surface area contributed by atoms with Crippen molar-refractivity contribution in [2.24, 2.45) is 5.41 Å². The maximum absolute atomic E-state index is 9.57. The molecule has 1 atom stereocenters. The van der Waals surface area contributed by atoms with Crippen molar-refractivity contribution in [3.05, 3.63) is 42.4 Å². The molecule has 0 unspecified atom stereocenters. The SMILES string of the molecule is CCOc1cc(-c2ccc(N3CC[C@@]4(CCCN(C(C)C)C4)C3)nc2)c2c(C#N)cnn2c1.O=CO. The van der Waals surface area contributed by atoms with Crippen LogP contribution >= 0.6 is 0 Å². The van der Waals surface area contributed by atoms with Gasteiger partial charge in [-0.3, -0.25) is 4.79 Å². The van der Waals surface area contributed by atoms with Crippen LogP contribution in [0.15, 0.2) is 36.8 Å². The van der Waals surface area contributed by atoms with Gasteiger partial charge in [-0.2, -0.15) is 10.4 Å². The van der Waals surface area contributed by atoms with E-state index in [1.807, 2.05) is 25.4 Å². The molecule has 0 bridgehead atoms. The van der Waals surface area contributed by atoms with Gasteiger partial charge in [0, 0.05) is 48.4 Å². The summed E-state index contributed by atoms with van der Waals surface area (Å²) >= 11 is 0. The summed E-state index contributed by atoms with van der Waals surface area (Å²) < 4.78 is 7.46. The second-order valence-corrected chi connectivity index (χ2v) is 9.84. The summed E-state index contributed by atoms with van der Waals surface area (Å²) in [6, 6.07) is 9.06. The van der Waals surface area contributed by atoms with E-state index in [1.165, 1.54) is 32.4 Å². The molecule has 1 N–H and O–H groups in total. The van der Waals surface area contributed by atoms with Crippen molar-refractivity contribution in [2.75, 3.05) is 37.7 Å². The van der Waals surface area contributed by atoms with E-state index in [0.29, 0.717) is 23.6 Å². The highest BCUT2D eigenvalue weighted by molar-refractivity contribution is 5.85. The van der Waals surface area contributed by atoms with Gasteiger partial charge in [0.2, 0.25) is 0 Å². The number of likely N-dealkylation sites (tertiary alicyclic amines) is 1. The van der Waals surface area contributed by atoms with Crippen molar-refractivity contribution >= 4 is 17.8 Å². The molecule has 5 heterocycles. The monoisotopic (exact) mass is 490 g/mol. The van der Waals surface area contributed by atoms with Crippen molar-refractivity contribution < 1.29 is 14.6 Å². The van der Waals surface area contributed by atoms with Crippen LogP contribution in [0.4, 0.5) is 5.82 Å². The van der Waals surface area contributed by atoms with Crippen LogP contribution in [0, 0.1) is 16.7 Å². The summed E-state index contributed by atoms with van der Waals surface area (Å²) in [6.45, 7) is 11.4. The molecule has 0 aromatic carbocycles. The molecule has 0 amide bonds. The van der Waals surface area contributed by atoms with Gasteiger partial charge in [0.05, 0.1) is 30.1 Å². The van der Waals surface area contributed by atoms with Gasteiger partial charge in [-0.15, -0.1) is 0 Å². The number of hydrogen-bond donors (Lipinski definition) is 1. The number of rotatable bonds is 5. The Hall–Kier alpha value is -3.64. The molecule has 5 rings (SSSR count). The molecule has 0 radical (unpaired) electrons. The van der Waals surface area contributed by atoms with E-state index in [9.17, 15) is 5.26 Å². The molecule has 0 saturated carbocycles. The molecule has 9 heteroatoms. The number of anilines is 1. The predicted octanol–water partition coefficient (Wildman–Crippen LogP) is 4.07. The van der Waals surface area contributed by atoms with E-state index in [-0.39, 0.29) is 6.47 Å². The molecule has 190 valence electrons. The average Bonchev–Trinajstić information content (AvgIpc) is 3.48. The van der Waals surface area contributed by atoms with Crippen molar-refractivity contribution in [2.45, 2.75) is 46.1 Å². The minimum absolute atomic E-state index is 0.250. The molecule has 2 aliphatic heterocycles. The zero-order valence-electron chi connectivity index (χ0n) is 21.2. The van der Waals surface area contributed by atoms with Gasteiger partial charge < -0.3 is 19.6 Å². The average molecular weight is 491 g/mol. The maximum atomic E-state index is 9.57. The Balaban J connectivity index is 0.000000967. The Morgan fingerprint density at radius 3 is 2.72 bits per heavy atom. The highest BCUT2D eigenvalue weighted by atomic mass is 16.5. The number of aromatic nitrogens is 3. The van der Waals surface area contributed by atoms with Crippen LogP contribution < -0.4 is 9.64 Å². The Bertz CT molecular complexity index is 1230. The van der Waals surface area contributed by atoms with E-state index in [4.69, 9.17) is 19.6 Å². The van der Waals surface area contributed by atoms with Crippen molar-refractivity contribution in [3.63, 3.8) is 0 Å². The normalized spacial score (nSPS) is 19.8. The molecule has 2 aliphatic rings. The number of nitrogens with zero attached hydrogens (tertiary/aromatic N) is 6. The molecule has 3 aromatic heterocycles. The number of piperidine rings is 1. The van der Waals surface area contributed by atoms with Gasteiger partial charge >= 0.3 is 0 Å². The lowest BCUT2D eigenvalue weighted by atomic mass is 9.79. The van der Waals surface area contributed by atoms with Crippen LogP contribution in [-0.2, 0) is 4.79 Å². The van der Waals surface area contributed by atoms with Gasteiger partial charge in [0.15, 0.2) is 0 Å². The number of nitriles is 1. The zero-order valence-corrected chi connectivity index (χ0v) is 21.2. The molecule has 2 saturated heterocycles. The molecular formula is C27H34N6O3. The van der Waals surface area contributed by atoms with Gasteiger partial charge in [0.1, 0.15) is 17.6 Å². The van der Waals surface area contributed by atoms with E-state index in [0.717, 1.165) is 41.3 Å². The summed E-state index contributed by atoms with van der Waals surface area (Å²) in [4.78, 5) is 18.3. The Labute approximate surface area is 211 Å². The van der Waals surface area contributed by atoms with Crippen LogP contribution in [0.1, 0.15) is 45.6 Å². The number of carbonyl (C=O) groups is 1. The summed E-state index contributed by atoms with van der Waals surface area (Å²) in [6.07, 6.45) is 9.17. The smallest absolute Gasteiger partial charge is 0.290 e. The molecule has 9 nitrogen and oxygen atoms in total. The summed E-state index contributed by atoms with van der Waals surface area (Å²) in [5.74, 6) is 1.76. The molecule has 36 heavy (non-hydrogen) atoms. The minimum atomic E-state index is -0.250. The fourth-order valence-corrected chi connectivity index (χ4v) is 5.53. The highest BCUT2D eigenvalue weighted by Crippen LogP contribution is 2.41. The van der Waals surface area contributed by atoms with Gasteiger partial charge in [0.25, 0.3) is 6.47 Å². The summed E-state index contributed by atoms with van der Waals surface area (Å²) in [7, 11) is 0. The van der Waals surface area contributed by atoms with E-state index < -0.39 is 0 Å². The fourth-order valence-electron chi connectivity index (χ4n) is 5.53. The first-order valence-corrected chi connectivity index (χ1v) is 12.5. The Morgan fingerprint density at radius 2 is 2.06 bits per heavy atom. The van der Waals surface area contributed by atoms with E-state index in [1.54, 1.807) is 10.7 Å². The lowest BCUT2D eigenvalue weighted by Crippen LogP contribution is -2.47. The largest absolute Gasteiger partial charge is 0.492 e. The van der Waals surface area contributed by atoms with Crippen molar-refractivity contribution in [1.29, 1.82) is 5.26 Å². The second kappa shape index (κ2) is 11.0.